The summed E-state index contributed by atoms with van der Waals surface area (Å²) >= 11 is 0. The first-order valence-corrected chi connectivity index (χ1v) is 15.5. The van der Waals surface area contributed by atoms with Gasteiger partial charge in [0, 0.05) is 32.5 Å². The van der Waals surface area contributed by atoms with E-state index in [0.29, 0.717) is 11.8 Å². The molecule has 1 radical (unpaired) electrons. The minimum atomic E-state index is 0. The second-order valence-electron chi connectivity index (χ2n) is 12.7. The standard InChI is InChI=1S/C24H26N.C17H20N.Ir/c1-17(2)12-22-15-24(25-16-19(22)4)21-11-10-18(3)23(14-21)13-20-8-6-5-7-9-20;1-12(2)9-16-10-17(18-11-14(16)4)15-7-5-13(3)6-8-15;/h5-10,14-17H,12-13H2,1-4H3;5-7,10-12H,9H2,1-4H3;/q2*-1;. The second kappa shape index (κ2) is 16.6. The van der Waals surface area contributed by atoms with Crippen molar-refractivity contribution in [2.45, 2.75) is 74.7 Å². The Bertz CT molecular complexity index is 1620. The van der Waals surface area contributed by atoms with Crippen LogP contribution in [-0.4, -0.2) is 9.97 Å². The Morgan fingerprint density at radius 1 is 0.591 bits per heavy atom. The van der Waals surface area contributed by atoms with Crippen LogP contribution in [0.25, 0.3) is 22.5 Å². The summed E-state index contributed by atoms with van der Waals surface area (Å²) in [7, 11) is 0. The molecule has 0 fully saturated rings. The molecule has 5 rings (SSSR count). The minimum Gasteiger partial charge on any atom is -0.304 e. The molecule has 3 aromatic carbocycles. The molecule has 0 unspecified atom stereocenters. The predicted molar refractivity (Wildman–Crippen MR) is 182 cm³/mol. The average Bonchev–Trinajstić information content (AvgIpc) is 2.97. The molecule has 0 bridgehead atoms. The summed E-state index contributed by atoms with van der Waals surface area (Å²) in [4.78, 5) is 9.18. The fraction of sp³-hybridized carbons (Fsp3) is 0.317. The molecule has 0 atom stereocenters. The van der Waals surface area contributed by atoms with Gasteiger partial charge < -0.3 is 9.97 Å². The van der Waals surface area contributed by atoms with Gasteiger partial charge in [0.25, 0.3) is 0 Å². The SMILES string of the molecule is Cc1c[c-]c(-c2cc(CC(C)C)c(C)cn2)cc1.Cc1c[c-]c(-c2cc(CC(C)C)c(C)cn2)cc1Cc1ccccc1.[Ir]. The van der Waals surface area contributed by atoms with Gasteiger partial charge in [-0.15, -0.1) is 70.3 Å². The molecule has 0 N–H and O–H groups in total. The summed E-state index contributed by atoms with van der Waals surface area (Å²) in [6.45, 7) is 17.5. The molecular formula is C41H46IrN2-2. The van der Waals surface area contributed by atoms with E-state index in [9.17, 15) is 0 Å². The van der Waals surface area contributed by atoms with Crippen LogP contribution in [-0.2, 0) is 39.4 Å². The Morgan fingerprint density at radius 2 is 1.14 bits per heavy atom. The maximum Gasteiger partial charge on any atom is 0.0192 e. The van der Waals surface area contributed by atoms with E-state index in [-0.39, 0.29) is 20.1 Å². The van der Waals surface area contributed by atoms with Crippen LogP contribution < -0.4 is 0 Å². The molecule has 0 aliphatic carbocycles. The molecule has 44 heavy (non-hydrogen) atoms. The van der Waals surface area contributed by atoms with Crippen molar-refractivity contribution in [1.82, 2.24) is 9.97 Å². The van der Waals surface area contributed by atoms with E-state index in [2.05, 4.69) is 144 Å². The number of aromatic nitrogens is 2. The number of benzene rings is 3. The van der Waals surface area contributed by atoms with E-state index in [1.807, 2.05) is 18.5 Å². The van der Waals surface area contributed by atoms with Gasteiger partial charge in [-0.25, -0.2) is 0 Å². The quantitative estimate of drug-likeness (QED) is 0.147. The monoisotopic (exact) mass is 759 g/mol. The van der Waals surface area contributed by atoms with Crippen LogP contribution in [0.3, 0.4) is 0 Å². The molecule has 0 spiro atoms. The summed E-state index contributed by atoms with van der Waals surface area (Å²) in [5.74, 6) is 1.31. The summed E-state index contributed by atoms with van der Waals surface area (Å²) in [6.07, 6.45) is 7.11. The van der Waals surface area contributed by atoms with Gasteiger partial charge in [-0.2, -0.15) is 0 Å². The van der Waals surface area contributed by atoms with Gasteiger partial charge in [0.2, 0.25) is 0 Å². The van der Waals surface area contributed by atoms with Crippen LogP contribution in [0.2, 0.25) is 0 Å². The number of nitrogens with zero attached hydrogens (tertiary/aromatic N) is 2. The van der Waals surface area contributed by atoms with Gasteiger partial charge in [0.15, 0.2) is 0 Å². The Hall–Kier alpha value is -3.39. The molecule has 2 nitrogen and oxygen atoms in total. The van der Waals surface area contributed by atoms with Crippen LogP contribution in [0.1, 0.15) is 72.2 Å². The first-order valence-electron chi connectivity index (χ1n) is 15.5. The van der Waals surface area contributed by atoms with Crippen LogP contribution in [0.4, 0.5) is 0 Å². The van der Waals surface area contributed by atoms with Gasteiger partial charge in [-0.3, -0.25) is 0 Å². The molecule has 231 valence electrons. The fourth-order valence-corrected chi connectivity index (χ4v) is 5.17. The first-order chi connectivity index (χ1) is 20.6. The van der Waals surface area contributed by atoms with Crippen molar-refractivity contribution in [2.24, 2.45) is 11.8 Å². The van der Waals surface area contributed by atoms with Crippen LogP contribution >= 0.6 is 0 Å². The third kappa shape index (κ3) is 10.1. The van der Waals surface area contributed by atoms with Gasteiger partial charge in [0.05, 0.1) is 0 Å². The topological polar surface area (TPSA) is 25.8 Å². The maximum atomic E-state index is 4.66. The number of aryl methyl sites for hydroxylation is 4. The van der Waals surface area contributed by atoms with Crippen molar-refractivity contribution in [2.75, 3.05) is 0 Å². The maximum absolute atomic E-state index is 4.66. The van der Waals surface area contributed by atoms with Crippen LogP contribution in [0.15, 0.2) is 85.2 Å². The second-order valence-corrected chi connectivity index (χ2v) is 12.7. The van der Waals surface area contributed by atoms with Crippen LogP contribution in [0.5, 0.6) is 0 Å². The summed E-state index contributed by atoms with van der Waals surface area (Å²) in [5, 5.41) is 0. The molecular weight excluding hydrogens is 713 g/mol. The number of hydrogen-bond donors (Lipinski definition) is 0. The average molecular weight is 759 g/mol. The summed E-state index contributed by atoms with van der Waals surface area (Å²) < 4.78 is 0. The van der Waals surface area contributed by atoms with Crippen molar-refractivity contribution in [3.05, 3.63) is 142 Å². The molecule has 3 heteroatoms. The van der Waals surface area contributed by atoms with Crippen molar-refractivity contribution in [3.8, 4) is 22.5 Å². The Kier molecular flexibility index (Phi) is 13.3. The van der Waals surface area contributed by atoms with Crippen molar-refractivity contribution in [1.29, 1.82) is 0 Å². The zero-order chi connectivity index (χ0) is 30.9. The Morgan fingerprint density at radius 3 is 1.66 bits per heavy atom. The smallest absolute Gasteiger partial charge is 0.0192 e. The van der Waals surface area contributed by atoms with Crippen molar-refractivity contribution in [3.63, 3.8) is 0 Å². The molecule has 0 aliphatic rings. The van der Waals surface area contributed by atoms with E-state index < -0.39 is 0 Å². The van der Waals surface area contributed by atoms with Gasteiger partial charge in [0.1, 0.15) is 0 Å². The fourth-order valence-electron chi connectivity index (χ4n) is 5.17. The Labute approximate surface area is 279 Å². The van der Waals surface area contributed by atoms with E-state index in [0.717, 1.165) is 41.8 Å². The third-order valence-corrected chi connectivity index (χ3v) is 7.71. The summed E-state index contributed by atoms with van der Waals surface area (Å²) in [5.41, 5.74) is 14.7. The zero-order valence-electron chi connectivity index (χ0n) is 27.6. The van der Waals surface area contributed by atoms with E-state index in [1.54, 1.807) is 0 Å². The molecule has 0 amide bonds. The molecule has 0 saturated heterocycles. The normalized spacial score (nSPS) is 10.8. The number of rotatable bonds is 8. The van der Waals surface area contributed by atoms with Gasteiger partial charge >= 0.3 is 0 Å². The predicted octanol–water partition coefficient (Wildman–Crippen LogP) is 10.3. The van der Waals surface area contributed by atoms with Gasteiger partial charge in [-0.05, 0) is 73.0 Å². The summed E-state index contributed by atoms with van der Waals surface area (Å²) in [6, 6.07) is 32.3. The third-order valence-electron chi connectivity index (χ3n) is 7.71. The van der Waals surface area contributed by atoms with Crippen molar-refractivity contribution >= 4 is 0 Å². The number of hydrogen-bond acceptors (Lipinski definition) is 2. The number of pyridine rings is 2. The molecule has 5 aromatic rings. The van der Waals surface area contributed by atoms with Crippen LogP contribution in [0, 0.1) is 51.7 Å². The van der Waals surface area contributed by atoms with E-state index >= 15 is 0 Å². The minimum absolute atomic E-state index is 0. The van der Waals surface area contributed by atoms with E-state index in [1.165, 1.54) is 44.5 Å². The van der Waals surface area contributed by atoms with E-state index in [4.69, 9.17) is 0 Å². The van der Waals surface area contributed by atoms with Gasteiger partial charge in [-0.1, -0.05) is 95.1 Å². The molecule has 2 aromatic heterocycles. The molecule has 0 saturated carbocycles. The molecule has 2 heterocycles. The zero-order valence-corrected chi connectivity index (χ0v) is 30.0. The molecule has 0 aliphatic heterocycles. The first kappa shape index (κ1) is 35.1. The Balaban J connectivity index is 0.000000247. The largest absolute Gasteiger partial charge is 0.304 e. The van der Waals surface area contributed by atoms with Crippen molar-refractivity contribution < 1.29 is 20.1 Å².